The standard InChI is InChI=1S/C26H24N2/c1-19-3-11-23(12-4-19)27-25-15-7-21(8-16-25)22-9-17-26(18-10-22)28-24-13-5-20(2)6-14-24/h3-18,27-28H,1-2H3. The third kappa shape index (κ3) is 4.41. The number of hydrogen-bond acceptors (Lipinski definition) is 2. The van der Waals surface area contributed by atoms with Crippen LogP contribution in [0.4, 0.5) is 22.7 Å². The number of rotatable bonds is 5. The highest BCUT2D eigenvalue weighted by atomic mass is 14.9. The van der Waals surface area contributed by atoms with Gasteiger partial charge in [-0.15, -0.1) is 0 Å². The van der Waals surface area contributed by atoms with Gasteiger partial charge in [0.2, 0.25) is 0 Å². The smallest absolute Gasteiger partial charge is 0.0384 e. The van der Waals surface area contributed by atoms with E-state index in [4.69, 9.17) is 0 Å². The van der Waals surface area contributed by atoms with Crippen molar-refractivity contribution < 1.29 is 0 Å². The molecule has 2 heteroatoms. The Morgan fingerprint density at radius 1 is 0.357 bits per heavy atom. The van der Waals surface area contributed by atoms with Crippen LogP contribution in [-0.2, 0) is 0 Å². The zero-order chi connectivity index (χ0) is 19.3. The van der Waals surface area contributed by atoms with Gasteiger partial charge in [0.25, 0.3) is 0 Å². The molecule has 0 aliphatic heterocycles. The second-order valence-electron chi connectivity index (χ2n) is 7.14. The Labute approximate surface area is 166 Å². The molecule has 0 aliphatic rings. The largest absolute Gasteiger partial charge is 0.356 e. The molecule has 0 heterocycles. The van der Waals surface area contributed by atoms with Crippen LogP contribution in [0.3, 0.4) is 0 Å². The van der Waals surface area contributed by atoms with Crippen LogP contribution in [0.5, 0.6) is 0 Å². The predicted molar refractivity (Wildman–Crippen MR) is 121 cm³/mol. The highest BCUT2D eigenvalue weighted by Gasteiger charge is 2.01. The summed E-state index contributed by atoms with van der Waals surface area (Å²) in [5.74, 6) is 0. The summed E-state index contributed by atoms with van der Waals surface area (Å²) in [5.41, 5.74) is 9.32. The van der Waals surface area contributed by atoms with Gasteiger partial charge in [-0.05, 0) is 73.5 Å². The molecule has 4 aromatic rings. The molecule has 4 rings (SSSR count). The summed E-state index contributed by atoms with van der Waals surface area (Å²) in [6.07, 6.45) is 0. The maximum absolute atomic E-state index is 3.44. The van der Waals surface area contributed by atoms with Gasteiger partial charge >= 0.3 is 0 Å². The zero-order valence-electron chi connectivity index (χ0n) is 16.2. The SMILES string of the molecule is Cc1ccc(Nc2ccc(-c3ccc(Nc4ccc(C)cc4)cc3)cc2)cc1. The Balaban J connectivity index is 1.43. The van der Waals surface area contributed by atoms with E-state index < -0.39 is 0 Å². The average Bonchev–Trinajstić information content (AvgIpc) is 2.73. The van der Waals surface area contributed by atoms with E-state index >= 15 is 0 Å². The second-order valence-corrected chi connectivity index (χ2v) is 7.14. The van der Waals surface area contributed by atoms with E-state index in [0.717, 1.165) is 22.7 Å². The molecule has 2 nitrogen and oxygen atoms in total. The molecule has 0 unspecified atom stereocenters. The Morgan fingerprint density at radius 2 is 0.607 bits per heavy atom. The molecule has 0 aliphatic carbocycles. The van der Waals surface area contributed by atoms with E-state index in [1.807, 2.05) is 0 Å². The predicted octanol–water partition coefficient (Wildman–Crippen LogP) is 7.46. The second kappa shape index (κ2) is 8.01. The highest BCUT2D eigenvalue weighted by molar-refractivity contribution is 5.71. The van der Waals surface area contributed by atoms with E-state index in [0.29, 0.717) is 0 Å². The molecule has 2 N–H and O–H groups in total. The lowest BCUT2D eigenvalue weighted by molar-refractivity contribution is 1.45. The molecule has 0 amide bonds. The van der Waals surface area contributed by atoms with Crippen molar-refractivity contribution in [1.29, 1.82) is 0 Å². The van der Waals surface area contributed by atoms with E-state index in [1.165, 1.54) is 22.3 Å². The van der Waals surface area contributed by atoms with Gasteiger partial charge in [0.15, 0.2) is 0 Å². The van der Waals surface area contributed by atoms with Gasteiger partial charge in [-0.25, -0.2) is 0 Å². The number of nitrogens with one attached hydrogen (secondary N) is 2. The summed E-state index contributed by atoms with van der Waals surface area (Å²) in [6, 6.07) is 33.9. The minimum atomic E-state index is 1.09. The minimum absolute atomic E-state index is 1.09. The maximum Gasteiger partial charge on any atom is 0.0384 e. The van der Waals surface area contributed by atoms with E-state index in [9.17, 15) is 0 Å². The molecule has 0 aromatic heterocycles. The van der Waals surface area contributed by atoms with Gasteiger partial charge < -0.3 is 10.6 Å². The number of benzene rings is 4. The molecule has 28 heavy (non-hydrogen) atoms. The number of anilines is 4. The van der Waals surface area contributed by atoms with Gasteiger partial charge in [0, 0.05) is 22.7 Å². The van der Waals surface area contributed by atoms with Crippen LogP contribution in [0, 0.1) is 13.8 Å². The topological polar surface area (TPSA) is 24.1 Å². The molecular weight excluding hydrogens is 340 g/mol. The maximum atomic E-state index is 3.44. The molecule has 0 radical (unpaired) electrons. The molecule has 138 valence electrons. The lowest BCUT2D eigenvalue weighted by Gasteiger charge is -2.10. The van der Waals surface area contributed by atoms with Gasteiger partial charge in [-0.1, -0.05) is 59.7 Å². The average molecular weight is 364 g/mol. The fraction of sp³-hybridized carbons (Fsp3) is 0.0769. The molecule has 0 saturated carbocycles. The van der Waals surface area contributed by atoms with Crippen LogP contribution in [0.15, 0.2) is 97.1 Å². The van der Waals surface area contributed by atoms with Crippen LogP contribution in [0.1, 0.15) is 11.1 Å². The van der Waals surface area contributed by atoms with Crippen LogP contribution < -0.4 is 10.6 Å². The van der Waals surface area contributed by atoms with Crippen molar-refractivity contribution in [3.8, 4) is 11.1 Å². The van der Waals surface area contributed by atoms with E-state index in [2.05, 4.69) is 122 Å². The molecule has 0 atom stereocenters. The van der Waals surface area contributed by atoms with Crippen LogP contribution in [-0.4, -0.2) is 0 Å². The Hall–Kier alpha value is -3.52. The van der Waals surface area contributed by atoms with E-state index in [1.54, 1.807) is 0 Å². The van der Waals surface area contributed by atoms with Crippen molar-refractivity contribution >= 4 is 22.7 Å². The summed E-state index contributed by atoms with van der Waals surface area (Å²) < 4.78 is 0. The number of hydrogen-bond donors (Lipinski definition) is 2. The lowest BCUT2D eigenvalue weighted by Crippen LogP contribution is -1.91. The van der Waals surface area contributed by atoms with Crippen molar-refractivity contribution in [1.82, 2.24) is 0 Å². The van der Waals surface area contributed by atoms with Gasteiger partial charge in [-0.2, -0.15) is 0 Å². The van der Waals surface area contributed by atoms with Crippen molar-refractivity contribution in [3.63, 3.8) is 0 Å². The molecule has 0 fully saturated rings. The first-order valence-corrected chi connectivity index (χ1v) is 9.54. The zero-order valence-corrected chi connectivity index (χ0v) is 16.2. The molecule has 0 bridgehead atoms. The molecule has 0 spiro atoms. The van der Waals surface area contributed by atoms with Crippen molar-refractivity contribution in [2.24, 2.45) is 0 Å². The van der Waals surface area contributed by atoms with Crippen molar-refractivity contribution in [2.45, 2.75) is 13.8 Å². The third-order valence-electron chi connectivity index (χ3n) is 4.78. The van der Waals surface area contributed by atoms with Gasteiger partial charge in [0.05, 0.1) is 0 Å². The Morgan fingerprint density at radius 3 is 0.893 bits per heavy atom. The van der Waals surface area contributed by atoms with Crippen molar-refractivity contribution in [3.05, 3.63) is 108 Å². The summed E-state index contributed by atoms with van der Waals surface area (Å²) in [5, 5.41) is 6.88. The summed E-state index contributed by atoms with van der Waals surface area (Å²) in [7, 11) is 0. The quantitative estimate of drug-likeness (QED) is 0.384. The number of aryl methyl sites for hydroxylation is 2. The van der Waals surface area contributed by atoms with E-state index in [-0.39, 0.29) is 0 Å². The fourth-order valence-corrected chi connectivity index (χ4v) is 3.10. The summed E-state index contributed by atoms with van der Waals surface area (Å²) in [6.45, 7) is 4.19. The third-order valence-corrected chi connectivity index (χ3v) is 4.78. The highest BCUT2D eigenvalue weighted by Crippen LogP contribution is 2.26. The van der Waals surface area contributed by atoms with Crippen LogP contribution in [0.25, 0.3) is 11.1 Å². The lowest BCUT2D eigenvalue weighted by atomic mass is 10.0. The first-order chi connectivity index (χ1) is 13.7. The monoisotopic (exact) mass is 364 g/mol. The van der Waals surface area contributed by atoms with Crippen molar-refractivity contribution in [2.75, 3.05) is 10.6 Å². The Kier molecular flexibility index (Phi) is 5.11. The minimum Gasteiger partial charge on any atom is -0.356 e. The van der Waals surface area contributed by atoms with Gasteiger partial charge in [-0.3, -0.25) is 0 Å². The Bertz CT molecular complexity index is 941. The van der Waals surface area contributed by atoms with Crippen LogP contribution >= 0.6 is 0 Å². The normalized spacial score (nSPS) is 10.5. The molecule has 4 aromatic carbocycles. The first kappa shape index (κ1) is 17.9. The first-order valence-electron chi connectivity index (χ1n) is 9.54. The summed E-state index contributed by atoms with van der Waals surface area (Å²) in [4.78, 5) is 0. The fourth-order valence-electron chi connectivity index (χ4n) is 3.10. The summed E-state index contributed by atoms with van der Waals surface area (Å²) >= 11 is 0. The molecular formula is C26H24N2. The van der Waals surface area contributed by atoms with Crippen LogP contribution in [0.2, 0.25) is 0 Å². The molecule has 0 saturated heterocycles. The van der Waals surface area contributed by atoms with Gasteiger partial charge in [0.1, 0.15) is 0 Å².